The first kappa shape index (κ1) is 30.7. The van der Waals surface area contributed by atoms with E-state index in [2.05, 4.69) is 13.8 Å². The Morgan fingerprint density at radius 2 is 1.76 bits per heavy atom. The number of aliphatic hydroxyl groups excluding tert-OH is 1. The van der Waals surface area contributed by atoms with Gasteiger partial charge in [0.1, 0.15) is 18.3 Å². The Balaban J connectivity index is 1.59. The third kappa shape index (κ3) is 4.80. The molecule has 11 heteroatoms. The molecule has 0 aromatic heterocycles. The van der Waals surface area contributed by atoms with Crippen molar-refractivity contribution in [2.45, 2.75) is 116 Å². The Morgan fingerprint density at radius 3 is 2.32 bits per heavy atom. The minimum absolute atomic E-state index is 0.00781. The highest BCUT2D eigenvalue weighted by atomic mass is 16.8. The molecule has 5 rings (SSSR count). The molecule has 0 amide bonds. The predicted molar refractivity (Wildman–Crippen MR) is 142 cm³/mol. The number of fused-ring (bicyclic) bond motifs is 3. The van der Waals surface area contributed by atoms with Crippen molar-refractivity contribution < 1.29 is 52.6 Å². The standard InChI is InChI=1S/C30H46O11/c1-8-15(2)26(34)41-25-20(33)12-21-28(6,22-10-19-11-24(35-7)40-27(19)39-22)16(3)9-23(38-18(5)32)29(21,13-36-17(4)31)30(25)14-37-30/h15-16,19-25,27,33H,8-14H2,1-7H3/t15-,16+,19-,20+,21+,22+,23-,24-,25-,27+,28-,29-,30-/m1/s1. The fraction of sp³-hybridized carbons (Fsp3) is 0.900. The minimum atomic E-state index is -1.21. The number of hydrogen-bond donors (Lipinski definition) is 1. The zero-order chi connectivity index (χ0) is 29.9. The van der Waals surface area contributed by atoms with Gasteiger partial charge in [-0.3, -0.25) is 14.4 Å². The first-order valence-corrected chi connectivity index (χ1v) is 15.0. The van der Waals surface area contributed by atoms with E-state index in [4.69, 9.17) is 33.2 Å². The van der Waals surface area contributed by atoms with Crippen LogP contribution in [0.25, 0.3) is 0 Å². The summed E-state index contributed by atoms with van der Waals surface area (Å²) in [7, 11) is 1.62. The Hall–Kier alpha value is -1.79. The summed E-state index contributed by atoms with van der Waals surface area (Å²) in [4.78, 5) is 37.8. The smallest absolute Gasteiger partial charge is 0.309 e. The summed E-state index contributed by atoms with van der Waals surface area (Å²) < 4.78 is 42.1. The largest absolute Gasteiger partial charge is 0.465 e. The summed E-state index contributed by atoms with van der Waals surface area (Å²) in [5, 5.41) is 11.7. The van der Waals surface area contributed by atoms with Crippen LogP contribution in [0.5, 0.6) is 0 Å². The third-order valence-electron chi connectivity index (χ3n) is 11.1. The molecular weight excluding hydrogens is 536 g/mol. The number of esters is 3. The molecule has 1 spiro atoms. The van der Waals surface area contributed by atoms with Crippen LogP contribution in [0.2, 0.25) is 0 Å². The monoisotopic (exact) mass is 582 g/mol. The number of ether oxygens (including phenoxy) is 7. The molecule has 3 aliphatic heterocycles. The Kier molecular flexibility index (Phi) is 8.26. The highest BCUT2D eigenvalue weighted by molar-refractivity contribution is 5.72. The van der Waals surface area contributed by atoms with Crippen molar-refractivity contribution >= 4 is 17.9 Å². The molecule has 0 aromatic carbocycles. The van der Waals surface area contributed by atoms with Crippen molar-refractivity contribution in [3.05, 3.63) is 0 Å². The van der Waals surface area contributed by atoms with E-state index in [1.54, 1.807) is 14.0 Å². The lowest BCUT2D eigenvalue weighted by atomic mass is 9.41. The van der Waals surface area contributed by atoms with Crippen molar-refractivity contribution in [1.29, 1.82) is 0 Å². The van der Waals surface area contributed by atoms with Gasteiger partial charge >= 0.3 is 17.9 Å². The van der Waals surface area contributed by atoms with Crippen LogP contribution in [0.1, 0.15) is 73.6 Å². The molecule has 5 fully saturated rings. The number of aliphatic hydroxyl groups is 1. The van der Waals surface area contributed by atoms with Gasteiger partial charge in [-0.25, -0.2) is 0 Å². The zero-order valence-electron chi connectivity index (χ0n) is 25.3. The van der Waals surface area contributed by atoms with Gasteiger partial charge in [0.05, 0.1) is 30.1 Å². The maximum atomic E-state index is 13.0. The normalized spacial score (nSPS) is 47.3. The molecule has 3 saturated heterocycles. The van der Waals surface area contributed by atoms with E-state index in [9.17, 15) is 19.5 Å². The van der Waals surface area contributed by atoms with E-state index in [0.717, 1.165) is 12.8 Å². The topological polar surface area (TPSA) is 139 Å². The van der Waals surface area contributed by atoms with Gasteiger partial charge in [-0.1, -0.05) is 27.7 Å². The van der Waals surface area contributed by atoms with Gasteiger partial charge in [0, 0.05) is 38.7 Å². The molecule has 41 heavy (non-hydrogen) atoms. The highest BCUT2D eigenvalue weighted by Gasteiger charge is 2.81. The van der Waals surface area contributed by atoms with E-state index >= 15 is 0 Å². The van der Waals surface area contributed by atoms with Gasteiger partial charge in [0.15, 0.2) is 18.7 Å². The number of carbonyl (C=O) groups excluding carboxylic acids is 3. The number of rotatable bonds is 8. The summed E-state index contributed by atoms with van der Waals surface area (Å²) in [6, 6.07) is 0. The Labute approximate surface area is 241 Å². The lowest BCUT2D eigenvalue weighted by Crippen LogP contribution is -2.74. The van der Waals surface area contributed by atoms with Crippen LogP contribution in [0.4, 0.5) is 0 Å². The SMILES string of the molecule is CC[C@@H](C)C(=O)O[C@@H]1[C@@H](O)C[C@H]2[C@](C)([C@@H]3C[C@@H]4C[C@H](OC)O[C@@H]4O3)[C@@H](C)C[C@@H](OC(C)=O)[C@]2(COC(C)=O)[C@@]12CO2. The maximum absolute atomic E-state index is 13.0. The summed E-state index contributed by atoms with van der Waals surface area (Å²) >= 11 is 0. The van der Waals surface area contributed by atoms with E-state index in [1.807, 2.05) is 6.92 Å². The Bertz CT molecular complexity index is 1010. The summed E-state index contributed by atoms with van der Waals surface area (Å²) in [6.45, 7) is 10.7. The van der Waals surface area contributed by atoms with E-state index in [0.29, 0.717) is 12.8 Å². The maximum Gasteiger partial charge on any atom is 0.309 e. The molecule has 2 saturated carbocycles. The lowest BCUT2D eigenvalue weighted by molar-refractivity contribution is -0.289. The molecule has 0 aromatic rings. The van der Waals surface area contributed by atoms with Crippen LogP contribution in [0.3, 0.4) is 0 Å². The van der Waals surface area contributed by atoms with Gasteiger partial charge in [-0.2, -0.15) is 0 Å². The molecule has 5 aliphatic rings. The molecule has 0 bridgehead atoms. The fourth-order valence-electron chi connectivity index (χ4n) is 8.47. The van der Waals surface area contributed by atoms with Crippen LogP contribution in [0, 0.1) is 34.5 Å². The molecule has 2 aliphatic carbocycles. The minimum Gasteiger partial charge on any atom is -0.465 e. The number of methoxy groups -OCH3 is 1. The van der Waals surface area contributed by atoms with Crippen LogP contribution in [-0.4, -0.2) is 85.9 Å². The van der Waals surface area contributed by atoms with Gasteiger partial charge in [-0.05, 0) is 37.5 Å². The highest BCUT2D eigenvalue weighted by Crippen LogP contribution is 2.70. The number of carbonyl (C=O) groups is 3. The van der Waals surface area contributed by atoms with Crippen LogP contribution in [-0.2, 0) is 47.5 Å². The second-order valence-electron chi connectivity index (χ2n) is 13.1. The van der Waals surface area contributed by atoms with Crippen molar-refractivity contribution in [3.63, 3.8) is 0 Å². The average Bonchev–Trinajstić information content (AvgIpc) is 3.45. The van der Waals surface area contributed by atoms with Crippen molar-refractivity contribution in [3.8, 4) is 0 Å². The van der Waals surface area contributed by atoms with E-state index in [-0.39, 0.29) is 55.7 Å². The third-order valence-corrected chi connectivity index (χ3v) is 11.1. The van der Waals surface area contributed by atoms with Gasteiger partial charge in [0.25, 0.3) is 0 Å². The second kappa shape index (κ2) is 11.0. The van der Waals surface area contributed by atoms with Crippen molar-refractivity contribution in [2.24, 2.45) is 34.5 Å². The molecule has 11 nitrogen and oxygen atoms in total. The first-order valence-electron chi connectivity index (χ1n) is 15.0. The van der Waals surface area contributed by atoms with Gasteiger partial charge < -0.3 is 38.3 Å². The number of hydrogen-bond acceptors (Lipinski definition) is 11. The second-order valence-corrected chi connectivity index (χ2v) is 13.1. The fourth-order valence-corrected chi connectivity index (χ4v) is 8.47. The molecular formula is C30H46O11. The molecule has 0 unspecified atom stereocenters. The van der Waals surface area contributed by atoms with Crippen molar-refractivity contribution in [1.82, 2.24) is 0 Å². The Morgan fingerprint density at radius 1 is 1.05 bits per heavy atom. The van der Waals surface area contributed by atoms with E-state index in [1.165, 1.54) is 13.8 Å². The zero-order valence-corrected chi connectivity index (χ0v) is 25.3. The van der Waals surface area contributed by atoms with Gasteiger partial charge in [-0.15, -0.1) is 0 Å². The molecule has 13 atom stereocenters. The molecule has 0 radical (unpaired) electrons. The molecule has 3 heterocycles. The van der Waals surface area contributed by atoms with Crippen LogP contribution >= 0.6 is 0 Å². The molecule has 1 N–H and O–H groups in total. The number of epoxide rings is 1. The van der Waals surface area contributed by atoms with Gasteiger partial charge in [0.2, 0.25) is 0 Å². The summed E-state index contributed by atoms with van der Waals surface area (Å²) in [5.41, 5.74) is -2.86. The lowest BCUT2D eigenvalue weighted by Gasteiger charge is -2.65. The van der Waals surface area contributed by atoms with E-state index < -0.39 is 58.9 Å². The summed E-state index contributed by atoms with van der Waals surface area (Å²) in [6.07, 6.45) is -0.987. The van der Waals surface area contributed by atoms with Crippen molar-refractivity contribution in [2.75, 3.05) is 20.3 Å². The quantitative estimate of drug-likeness (QED) is 0.257. The summed E-state index contributed by atoms with van der Waals surface area (Å²) in [5.74, 6) is -1.98. The predicted octanol–water partition coefficient (Wildman–Crippen LogP) is 2.75. The average molecular weight is 583 g/mol. The molecule has 232 valence electrons. The first-order chi connectivity index (χ1) is 19.3. The van der Waals surface area contributed by atoms with Crippen LogP contribution < -0.4 is 0 Å². The van der Waals surface area contributed by atoms with Crippen LogP contribution in [0.15, 0.2) is 0 Å².